The molecule has 0 aliphatic carbocycles. The molecule has 20 heavy (non-hydrogen) atoms. The molecule has 0 amide bonds. The highest BCUT2D eigenvalue weighted by Crippen LogP contribution is 2.31. The Kier molecular flexibility index (Phi) is 3.89. The molecule has 8 nitrogen and oxygen atoms in total. The molecule has 0 aliphatic rings. The van der Waals surface area contributed by atoms with Crippen LogP contribution in [0.15, 0.2) is 18.2 Å². The first-order chi connectivity index (χ1) is 9.49. The van der Waals surface area contributed by atoms with Crippen LogP contribution < -0.4 is 9.47 Å². The van der Waals surface area contributed by atoms with Gasteiger partial charge in [-0.3, -0.25) is 10.1 Å². The van der Waals surface area contributed by atoms with Crippen molar-refractivity contribution >= 4 is 17.3 Å². The molecule has 0 atom stereocenters. The molecule has 2 aromatic rings. The number of nitro benzene ring substituents is 1. The van der Waals surface area contributed by atoms with Gasteiger partial charge in [-0.15, -0.1) is 4.98 Å². The molecule has 104 valence electrons. The fraction of sp³-hybridized carbons (Fsp3) is 0.100. The summed E-state index contributed by atoms with van der Waals surface area (Å²) in [6.45, 7) is 0. The Morgan fingerprint density at radius 2 is 2.00 bits per heavy atom. The van der Waals surface area contributed by atoms with Crippen molar-refractivity contribution in [1.82, 2.24) is 15.0 Å². The van der Waals surface area contributed by atoms with Crippen LogP contribution in [0.1, 0.15) is 0 Å². The number of nitro groups is 1. The van der Waals surface area contributed by atoms with Crippen molar-refractivity contribution in [2.75, 3.05) is 7.11 Å². The number of aromatic nitrogens is 3. The van der Waals surface area contributed by atoms with Gasteiger partial charge in [-0.05, 0) is 17.7 Å². The molecule has 0 unspecified atom stereocenters. The summed E-state index contributed by atoms with van der Waals surface area (Å²) in [6.07, 6.45) is 0. The highest BCUT2D eigenvalue weighted by molar-refractivity contribution is 6.28. The summed E-state index contributed by atoms with van der Waals surface area (Å²) in [5.41, 5.74) is -0.443. The second-order valence-corrected chi connectivity index (χ2v) is 3.68. The molecule has 0 saturated heterocycles. The van der Waals surface area contributed by atoms with Gasteiger partial charge in [0.2, 0.25) is 11.0 Å². The number of ether oxygens (including phenoxy) is 2. The van der Waals surface area contributed by atoms with Crippen LogP contribution in [0.25, 0.3) is 0 Å². The Morgan fingerprint density at radius 1 is 1.30 bits per heavy atom. The van der Waals surface area contributed by atoms with Gasteiger partial charge in [0.15, 0.2) is 0 Å². The van der Waals surface area contributed by atoms with Crippen molar-refractivity contribution in [1.29, 1.82) is 0 Å². The SMILES string of the molecule is COc1nc(Cl)nc(Oc2cc(F)ccc2[N+](=O)[O-])n1. The van der Waals surface area contributed by atoms with Crippen molar-refractivity contribution in [2.45, 2.75) is 0 Å². The van der Waals surface area contributed by atoms with Crippen molar-refractivity contribution in [2.24, 2.45) is 0 Å². The van der Waals surface area contributed by atoms with Crippen LogP contribution in [-0.4, -0.2) is 27.0 Å². The number of halogens is 2. The van der Waals surface area contributed by atoms with Gasteiger partial charge in [-0.2, -0.15) is 9.97 Å². The van der Waals surface area contributed by atoms with Gasteiger partial charge >= 0.3 is 17.7 Å². The van der Waals surface area contributed by atoms with E-state index in [1.165, 1.54) is 7.11 Å². The third-order valence-corrected chi connectivity index (χ3v) is 2.24. The van der Waals surface area contributed by atoms with Crippen molar-refractivity contribution in [3.8, 4) is 17.8 Å². The van der Waals surface area contributed by atoms with Crippen LogP contribution in [0.3, 0.4) is 0 Å². The maximum Gasteiger partial charge on any atom is 0.329 e. The van der Waals surface area contributed by atoms with Crippen LogP contribution in [0.4, 0.5) is 10.1 Å². The van der Waals surface area contributed by atoms with Crippen LogP contribution in [-0.2, 0) is 0 Å². The van der Waals surface area contributed by atoms with Gasteiger partial charge in [0.1, 0.15) is 5.82 Å². The zero-order valence-electron chi connectivity index (χ0n) is 9.91. The second kappa shape index (κ2) is 5.61. The van der Waals surface area contributed by atoms with Gasteiger partial charge in [-0.1, -0.05) is 0 Å². The Bertz CT molecular complexity index is 670. The quantitative estimate of drug-likeness (QED) is 0.631. The highest BCUT2D eigenvalue weighted by atomic mass is 35.5. The average Bonchev–Trinajstić information content (AvgIpc) is 2.37. The maximum atomic E-state index is 13.1. The molecular formula is C10H6ClFN4O4. The lowest BCUT2D eigenvalue weighted by Crippen LogP contribution is -2.00. The molecule has 10 heteroatoms. The van der Waals surface area contributed by atoms with E-state index in [-0.39, 0.29) is 23.1 Å². The monoisotopic (exact) mass is 300 g/mol. The molecule has 0 spiro atoms. The summed E-state index contributed by atoms with van der Waals surface area (Å²) in [5.74, 6) is -1.07. The van der Waals surface area contributed by atoms with Crippen LogP contribution in [0, 0.1) is 15.9 Å². The lowest BCUT2D eigenvalue weighted by atomic mass is 10.3. The molecule has 0 N–H and O–H groups in total. The van der Waals surface area contributed by atoms with E-state index in [1.807, 2.05) is 0 Å². The predicted octanol–water partition coefficient (Wildman–Crippen LogP) is 2.37. The summed E-state index contributed by atoms with van der Waals surface area (Å²) in [7, 11) is 1.29. The van der Waals surface area contributed by atoms with Gasteiger partial charge in [0, 0.05) is 12.1 Å². The number of benzene rings is 1. The highest BCUT2D eigenvalue weighted by Gasteiger charge is 2.18. The first-order valence-corrected chi connectivity index (χ1v) is 5.44. The lowest BCUT2D eigenvalue weighted by Gasteiger charge is -2.05. The van der Waals surface area contributed by atoms with Crippen LogP contribution in [0.5, 0.6) is 17.8 Å². The molecule has 0 bridgehead atoms. The first-order valence-electron chi connectivity index (χ1n) is 5.07. The van der Waals surface area contributed by atoms with E-state index in [4.69, 9.17) is 21.1 Å². The summed E-state index contributed by atoms with van der Waals surface area (Å²) < 4.78 is 22.9. The van der Waals surface area contributed by atoms with E-state index in [1.54, 1.807) is 0 Å². The second-order valence-electron chi connectivity index (χ2n) is 3.34. The minimum absolute atomic E-state index is 0.140. The molecule has 1 aromatic carbocycles. The first kappa shape index (κ1) is 13.9. The molecule has 0 aliphatic heterocycles. The van der Waals surface area contributed by atoms with Crippen molar-refractivity contribution in [3.05, 3.63) is 39.4 Å². The Balaban J connectivity index is 2.41. The summed E-state index contributed by atoms with van der Waals surface area (Å²) in [6, 6.07) is 2.24. The number of hydrogen-bond acceptors (Lipinski definition) is 7. The molecule has 1 aromatic heterocycles. The third-order valence-electron chi connectivity index (χ3n) is 2.07. The molecule has 0 fully saturated rings. The van der Waals surface area contributed by atoms with E-state index in [9.17, 15) is 14.5 Å². The molecular weight excluding hydrogens is 295 g/mol. The predicted molar refractivity (Wildman–Crippen MR) is 64.5 cm³/mol. The number of methoxy groups -OCH3 is 1. The molecule has 0 radical (unpaired) electrons. The molecule has 1 heterocycles. The van der Waals surface area contributed by atoms with E-state index in [2.05, 4.69) is 15.0 Å². The number of nitrogens with zero attached hydrogens (tertiary/aromatic N) is 4. The number of rotatable bonds is 4. The lowest BCUT2D eigenvalue weighted by molar-refractivity contribution is -0.385. The van der Waals surface area contributed by atoms with Crippen molar-refractivity contribution in [3.63, 3.8) is 0 Å². The summed E-state index contributed by atoms with van der Waals surface area (Å²) in [5, 5.41) is 10.6. The standard InChI is InChI=1S/C10H6ClFN4O4/c1-19-9-13-8(11)14-10(15-9)20-7-4-5(12)2-3-6(7)16(17)18/h2-4H,1H3. The average molecular weight is 301 g/mol. The largest absolute Gasteiger partial charge is 0.467 e. The zero-order valence-corrected chi connectivity index (χ0v) is 10.7. The van der Waals surface area contributed by atoms with E-state index in [0.29, 0.717) is 0 Å². The minimum atomic E-state index is -0.727. The van der Waals surface area contributed by atoms with Gasteiger partial charge in [0.25, 0.3) is 0 Å². The molecule has 2 rings (SSSR count). The van der Waals surface area contributed by atoms with E-state index >= 15 is 0 Å². The fourth-order valence-electron chi connectivity index (χ4n) is 1.27. The molecule has 0 saturated carbocycles. The normalized spacial score (nSPS) is 10.2. The van der Waals surface area contributed by atoms with Crippen LogP contribution >= 0.6 is 11.6 Å². The zero-order chi connectivity index (χ0) is 14.7. The fourth-order valence-corrected chi connectivity index (χ4v) is 1.42. The Morgan fingerprint density at radius 3 is 2.65 bits per heavy atom. The van der Waals surface area contributed by atoms with Gasteiger partial charge in [0.05, 0.1) is 12.0 Å². The van der Waals surface area contributed by atoms with E-state index < -0.39 is 16.4 Å². The summed E-state index contributed by atoms with van der Waals surface area (Å²) in [4.78, 5) is 21.0. The Labute approximate surface area is 116 Å². The van der Waals surface area contributed by atoms with Crippen molar-refractivity contribution < 1.29 is 18.8 Å². The topological polar surface area (TPSA) is 100 Å². The smallest absolute Gasteiger partial charge is 0.329 e. The maximum absolute atomic E-state index is 13.1. The third kappa shape index (κ3) is 3.06. The van der Waals surface area contributed by atoms with Gasteiger partial charge < -0.3 is 9.47 Å². The number of hydrogen-bond donors (Lipinski definition) is 0. The summed E-state index contributed by atoms with van der Waals surface area (Å²) >= 11 is 5.60. The van der Waals surface area contributed by atoms with E-state index in [0.717, 1.165) is 18.2 Å². The minimum Gasteiger partial charge on any atom is -0.467 e. The van der Waals surface area contributed by atoms with Gasteiger partial charge in [-0.25, -0.2) is 4.39 Å². The van der Waals surface area contributed by atoms with Crippen LogP contribution in [0.2, 0.25) is 5.28 Å². The Hall–Kier alpha value is -2.55.